The predicted octanol–water partition coefficient (Wildman–Crippen LogP) is 2.27. The lowest BCUT2D eigenvalue weighted by atomic mass is 10.1. The van der Waals surface area contributed by atoms with Gasteiger partial charge in [-0.15, -0.1) is 0 Å². The molecule has 0 radical (unpaired) electrons. The Labute approximate surface area is 192 Å². The molecule has 0 unspecified atom stereocenters. The van der Waals surface area contributed by atoms with E-state index in [9.17, 15) is 9.59 Å². The molecule has 2 aromatic carbocycles. The first kappa shape index (κ1) is 23.5. The van der Waals surface area contributed by atoms with Crippen LogP contribution in [0.5, 0.6) is 23.0 Å². The molecule has 160 valence electrons. The van der Waals surface area contributed by atoms with Crippen LogP contribution in [0, 0.1) is 3.57 Å². The normalized spacial score (nSPS) is 9.90. The van der Waals surface area contributed by atoms with E-state index in [1.165, 1.54) is 33.5 Å². The third kappa shape index (κ3) is 5.63. The lowest BCUT2D eigenvalue weighted by Gasteiger charge is -2.15. The number of thiocarbonyl (C=S) groups is 1. The summed E-state index contributed by atoms with van der Waals surface area (Å²) >= 11 is 7.13. The van der Waals surface area contributed by atoms with Crippen LogP contribution in [0.4, 0.5) is 0 Å². The number of halogens is 1. The van der Waals surface area contributed by atoms with E-state index in [-0.39, 0.29) is 10.7 Å². The number of hydrogen-bond acceptors (Lipinski definition) is 7. The summed E-state index contributed by atoms with van der Waals surface area (Å²) in [6.45, 7) is 0. The van der Waals surface area contributed by atoms with Crippen molar-refractivity contribution in [2.24, 2.45) is 0 Å². The molecule has 0 aliphatic carbocycles. The molecule has 9 nitrogen and oxygen atoms in total. The molecular weight excluding hydrogens is 525 g/mol. The summed E-state index contributed by atoms with van der Waals surface area (Å²) in [5, 5.41) is 2.37. The van der Waals surface area contributed by atoms with Crippen molar-refractivity contribution in [3.63, 3.8) is 0 Å². The number of rotatable bonds is 6. The Balaban J connectivity index is 2.02. The van der Waals surface area contributed by atoms with Crippen LogP contribution in [0.25, 0.3) is 0 Å². The number of carbonyl (C=O) groups excluding carboxylic acids is 2. The SMILES string of the molecule is COc1ccc(C(=O)NNC(=S)NC(=O)c2cc(OC)c(OC)c(OC)c2)cc1I. The number of hydrazine groups is 1. The van der Waals surface area contributed by atoms with Gasteiger partial charge in [0.1, 0.15) is 5.75 Å². The molecule has 0 aromatic heterocycles. The second-order valence-electron chi connectivity index (χ2n) is 5.63. The highest BCUT2D eigenvalue weighted by atomic mass is 127. The van der Waals surface area contributed by atoms with Crippen LogP contribution in [-0.2, 0) is 0 Å². The molecule has 0 aliphatic heterocycles. The van der Waals surface area contributed by atoms with Gasteiger partial charge in [-0.05, 0) is 65.1 Å². The second-order valence-corrected chi connectivity index (χ2v) is 7.20. The first-order valence-electron chi connectivity index (χ1n) is 8.39. The number of benzene rings is 2. The molecule has 0 fully saturated rings. The van der Waals surface area contributed by atoms with Crippen LogP contribution in [0.15, 0.2) is 30.3 Å². The summed E-state index contributed by atoms with van der Waals surface area (Å²) in [4.78, 5) is 24.8. The number of hydrogen-bond donors (Lipinski definition) is 3. The maximum Gasteiger partial charge on any atom is 0.269 e. The zero-order valence-corrected chi connectivity index (χ0v) is 19.6. The number of ether oxygens (including phenoxy) is 4. The van der Waals surface area contributed by atoms with E-state index >= 15 is 0 Å². The number of nitrogens with one attached hydrogen (secondary N) is 3. The first-order chi connectivity index (χ1) is 14.3. The average Bonchev–Trinajstić information content (AvgIpc) is 2.75. The van der Waals surface area contributed by atoms with E-state index in [4.69, 9.17) is 31.2 Å². The summed E-state index contributed by atoms with van der Waals surface area (Å²) in [5.41, 5.74) is 5.54. The van der Waals surface area contributed by atoms with Crippen molar-refractivity contribution < 1.29 is 28.5 Å². The quantitative estimate of drug-likeness (QED) is 0.289. The molecule has 0 spiro atoms. The Morgan fingerprint density at radius 2 is 1.40 bits per heavy atom. The van der Waals surface area contributed by atoms with Gasteiger partial charge in [-0.2, -0.15) is 0 Å². The van der Waals surface area contributed by atoms with Gasteiger partial charge in [0.25, 0.3) is 11.8 Å². The minimum absolute atomic E-state index is 0.0923. The third-order valence-electron chi connectivity index (χ3n) is 3.86. The molecule has 11 heteroatoms. The Kier molecular flexibility index (Phi) is 8.47. The van der Waals surface area contributed by atoms with Crippen LogP contribution >= 0.6 is 34.8 Å². The van der Waals surface area contributed by atoms with Gasteiger partial charge in [0.05, 0.1) is 32.0 Å². The highest BCUT2D eigenvalue weighted by Gasteiger charge is 2.18. The van der Waals surface area contributed by atoms with Gasteiger partial charge < -0.3 is 18.9 Å². The highest BCUT2D eigenvalue weighted by Crippen LogP contribution is 2.38. The van der Waals surface area contributed by atoms with Gasteiger partial charge in [0.15, 0.2) is 16.6 Å². The molecule has 0 atom stereocenters. The van der Waals surface area contributed by atoms with Crippen molar-refractivity contribution in [3.05, 3.63) is 45.0 Å². The Bertz CT molecular complexity index is 944. The van der Waals surface area contributed by atoms with E-state index in [2.05, 4.69) is 38.8 Å². The summed E-state index contributed by atoms with van der Waals surface area (Å²) in [7, 11) is 5.90. The third-order valence-corrected chi connectivity index (χ3v) is 4.90. The molecule has 0 aliphatic rings. The zero-order chi connectivity index (χ0) is 22.3. The van der Waals surface area contributed by atoms with Gasteiger partial charge in [-0.25, -0.2) is 0 Å². The van der Waals surface area contributed by atoms with Crippen molar-refractivity contribution in [2.45, 2.75) is 0 Å². The van der Waals surface area contributed by atoms with Gasteiger partial charge in [0, 0.05) is 11.1 Å². The maximum atomic E-state index is 12.5. The van der Waals surface area contributed by atoms with Crippen molar-refractivity contribution in [1.82, 2.24) is 16.2 Å². The molecule has 0 bridgehead atoms. The van der Waals surface area contributed by atoms with Crippen molar-refractivity contribution >= 4 is 51.7 Å². The highest BCUT2D eigenvalue weighted by molar-refractivity contribution is 14.1. The number of methoxy groups -OCH3 is 4. The predicted molar refractivity (Wildman–Crippen MR) is 122 cm³/mol. The molecule has 0 heterocycles. The summed E-state index contributed by atoms with van der Waals surface area (Å²) < 4.78 is 21.6. The molecular formula is C19H20IN3O6S. The average molecular weight is 545 g/mol. The Morgan fingerprint density at radius 1 is 0.800 bits per heavy atom. The van der Waals surface area contributed by atoms with Crippen LogP contribution < -0.4 is 35.1 Å². The first-order valence-corrected chi connectivity index (χ1v) is 9.88. The molecule has 0 saturated heterocycles. The number of carbonyl (C=O) groups is 2. The minimum atomic E-state index is -0.528. The van der Waals surface area contributed by atoms with Crippen molar-refractivity contribution in [3.8, 4) is 23.0 Å². The molecule has 0 saturated carbocycles. The minimum Gasteiger partial charge on any atom is -0.496 e. The lowest BCUT2D eigenvalue weighted by Crippen LogP contribution is -2.48. The van der Waals surface area contributed by atoms with E-state index in [1.54, 1.807) is 25.3 Å². The molecule has 2 amide bonds. The maximum absolute atomic E-state index is 12.5. The topological polar surface area (TPSA) is 107 Å². The van der Waals surface area contributed by atoms with Crippen LogP contribution in [0.2, 0.25) is 0 Å². The summed E-state index contributed by atoms with van der Waals surface area (Å²) in [6.07, 6.45) is 0. The largest absolute Gasteiger partial charge is 0.496 e. The fourth-order valence-electron chi connectivity index (χ4n) is 2.41. The Morgan fingerprint density at radius 3 is 1.90 bits per heavy atom. The molecule has 30 heavy (non-hydrogen) atoms. The van der Waals surface area contributed by atoms with Gasteiger partial charge in [-0.1, -0.05) is 0 Å². The number of amides is 2. The van der Waals surface area contributed by atoms with Gasteiger partial charge in [-0.3, -0.25) is 25.8 Å². The molecule has 2 aromatic rings. The summed E-state index contributed by atoms with van der Waals surface area (Å²) in [5.74, 6) is 0.707. The van der Waals surface area contributed by atoms with Crippen molar-refractivity contribution in [1.29, 1.82) is 0 Å². The second kappa shape index (κ2) is 10.8. The van der Waals surface area contributed by atoms with E-state index in [0.717, 1.165) is 3.57 Å². The standard InChI is InChI=1S/C19H20IN3O6S/c1-26-13-6-5-10(7-12(13)20)18(25)22-23-19(30)21-17(24)11-8-14(27-2)16(29-4)15(9-11)28-3/h5-9H,1-4H3,(H,22,25)(H2,21,23,24,30). The van der Waals surface area contributed by atoms with E-state index in [1.807, 2.05) is 0 Å². The Hall–Kier alpha value is -2.80. The van der Waals surface area contributed by atoms with Crippen molar-refractivity contribution in [2.75, 3.05) is 28.4 Å². The molecule has 3 N–H and O–H groups in total. The van der Waals surface area contributed by atoms with Crippen LogP contribution in [0.1, 0.15) is 20.7 Å². The van der Waals surface area contributed by atoms with Gasteiger partial charge in [0.2, 0.25) is 5.75 Å². The fourth-order valence-corrected chi connectivity index (χ4v) is 3.29. The smallest absolute Gasteiger partial charge is 0.269 e. The fraction of sp³-hybridized carbons (Fsp3) is 0.211. The zero-order valence-electron chi connectivity index (χ0n) is 16.6. The van der Waals surface area contributed by atoms with Crippen LogP contribution in [-0.4, -0.2) is 45.4 Å². The summed E-state index contributed by atoms with van der Waals surface area (Å²) in [6, 6.07) is 7.92. The monoisotopic (exact) mass is 545 g/mol. The van der Waals surface area contributed by atoms with E-state index in [0.29, 0.717) is 28.6 Å². The van der Waals surface area contributed by atoms with Gasteiger partial charge >= 0.3 is 0 Å². The lowest BCUT2D eigenvalue weighted by molar-refractivity contribution is 0.0934. The van der Waals surface area contributed by atoms with Crippen LogP contribution in [0.3, 0.4) is 0 Å². The molecule has 2 rings (SSSR count). The van der Waals surface area contributed by atoms with E-state index < -0.39 is 11.8 Å².